The van der Waals surface area contributed by atoms with Gasteiger partial charge in [-0.2, -0.15) is 0 Å². The Labute approximate surface area is 166 Å². The lowest BCUT2D eigenvalue weighted by Crippen LogP contribution is -2.22. The van der Waals surface area contributed by atoms with E-state index in [1.54, 1.807) is 12.1 Å². The number of rotatable bonds is 4. The number of para-hydroxylation sites is 2. The Morgan fingerprint density at radius 1 is 0.966 bits per heavy atom. The maximum Gasteiger partial charge on any atom is 0.255 e. The monoisotopic (exact) mass is 383 g/mol. The molecule has 0 radical (unpaired) electrons. The lowest BCUT2D eigenvalue weighted by atomic mass is 10.1. The minimum absolute atomic E-state index is 0.210. The van der Waals surface area contributed by atoms with Crippen LogP contribution in [0.3, 0.4) is 0 Å². The Balaban J connectivity index is 1.55. The van der Waals surface area contributed by atoms with Gasteiger partial charge in [0, 0.05) is 5.56 Å². The van der Waals surface area contributed by atoms with Gasteiger partial charge in [-0.15, -0.1) is 0 Å². The summed E-state index contributed by atoms with van der Waals surface area (Å²) >= 11 is 0. The maximum absolute atomic E-state index is 12.8. The second kappa shape index (κ2) is 7.16. The highest BCUT2D eigenvalue weighted by Gasteiger charge is 2.16. The molecule has 0 unspecified atom stereocenters. The second-order valence-electron chi connectivity index (χ2n) is 6.59. The molecule has 6 nitrogen and oxygen atoms in total. The van der Waals surface area contributed by atoms with Crippen molar-refractivity contribution in [1.82, 2.24) is 15.3 Å². The molecule has 1 aliphatic heterocycles. The van der Waals surface area contributed by atoms with E-state index in [0.717, 1.165) is 16.6 Å². The normalized spacial score (nSPS) is 12.9. The van der Waals surface area contributed by atoms with Crippen LogP contribution < -0.4 is 14.8 Å². The van der Waals surface area contributed by atoms with Crippen LogP contribution in [0.25, 0.3) is 22.8 Å². The molecule has 0 saturated heterocycles. The van der Waals surface area contributed by atoms with Crippen LogP contribution in [0.15, 0.2) is 72.8 Å². The molecule has 6 heteroatoms. The Kier molecular flexibility index (Phi) is 4.22. The zero-order chi connectivity index (χ0) is 19.6. The quantitative estimate of drug-likeness (QED) is 0.553. The van der Waals surface area contributed by atoms with Crippen molar-refractivity contribution in [2.75, 3.05) is 6.79 Å². The number of imidazole rings is 1. The molecule has 29 heavy (non-hydrogen) atoms. The van der Waals surface area contributed by atoms with Crippen molar-refractivity contribution >= 4 is 28.7 Å². The predicted molar refractivity (Wildman–Crippen MR) is 110 cm³/mol. The van der Waals surface area contributed by atoms with Gasteiger partial charge in [-0.1, -0.05) is 36.4 Å². The average Bonchev–Trinajstić information content (AvgIpc) is 3.40. The summed E-state index contributed by atoms with van der Waals surface area (Å²) in [7, 11) is 0. The molecule has 5 rings (SSSR count). The van der Waals surface area contributed by atoms with Crippen LogP contribution >= 0.6 is 0 Å². The molecular formula is C23H17N3O3. The number of aromatic amines is 1. The highest BCUT2D eigenvalue weighted by atomic mass is 16.7. The van der Waals surface area contributed by atoms with Crippen molar-refractivity contribution in [2.45, 2.75) is 0 Å². The largest absolute Gasteiger partial charge is 0.454 e. The molecule has 0 spiro atoms. The molecule has 0 bridgehead atoms. The number of fused-ring (bicyclic) bond motifs is 2. The van der Waals surface area contributed by atoms with E-state index in [9.17, 15) is 4.79 Å². The molecule has 0 saturated carbocycles. The molecule has 2 heterocycles. The number of nitrogens with zero attached hydrogens (tertiary/aromatic N) is 1. The third-order valence-electron chi connectivity index (χ3n) is 4.64. The third-order valence-corrected chi connectivity index (χ3v) is 4.64. The van der Waals surface area contributed by atoms with Crippen LogP contribution in [0.5, 0.6) is 11.5 Å². The van der Waals surface area contributed by atoms with E-state index in [1.807, 2.05) is 66.7 Å². The van der Waals surface area contributed by atoms with E-state index >= 15 is 0 Å². The first kappa shape index (κ1) is 17.1. The lowest BCUT2D eigenvalue weighted by Gasteiger charge is -2.09. The van der Waals surface area contributed by atoms with Gasteiger partial charge in [-0.3, -0.25) is 4.79 Å². The third kappa shape index (κ3) is 3.43. The van der Waals surface area contributed by atoms with Crippen LogP contribution in [0.2, 0.25) is 0 Å². The summed E-state index contributed by atoms with van der Waals surface area (Å²) in [6.07, 6.45) is 1.86. The van der Waals surface area contributed by atoms with Crippen molar-refractivity contribution in [3.05, 3.63) is 89.7 Å². The van der Waals surface area contributed by atoms with Gasteiger partial charge in [0.15, 0.2) is 17.3 Å². The van der Waals surface area contributed by atoms with E-state index in [4.69, 9.17) is 9.47 Å². The first-order chi connectivity index (χ1) is 14.3. The van der Waals surface area contributed by atoms with Crippen molar-refractivity contribution in [3.63, 3.8) is 0 Å². The fourth-order valence-electron chi connectivity index (χ4n) is 3.20. The molecule has 1 aromatic heterocycles. The molecule has 0 aliphatic carbocycles. The van der Waals surface area contributed by atoms with Crippen LogP contribution in [0, 0.1) is 0 Å². The molecule has 142 valence electrons. The van der Waals surface area contributed by atoms with Crippen molar-refractivity contribution in [3.8, 4) is 11.5 Å². The Bertz CT molecular complexity index is 1200. The average molecular weight is 383 g/mol. The maximum atomic E-state index is 12.8. The number of ether oxygens (including phenoxy) is 2. The SMILES string of the molecule is O=C(N/C(=C/c1ccc2c(c1)OCO2)c1nc2ccccc2[nH]1)c1ccccc1. The van der Waals surface area contributed by atoms with E-state index < -0.39 is 0 Å². The predicted octanol–water partition coefficient (Wildman–Crippen LogP) is 4.22. The van der Waals surface area contributed by atoms with Crippen LogP contribution in [0.1, 0.15) is 21.7 Å². The van der Waals surface area contributed by atoms with Crippen molar-refractivity contribution < 1.29 is 14.3 Å². The Morgan fingerprint density at radius 2 is 1.76 bits per heavy atom. The molecule has 4 aromatic rings. The first-order valence-electron chi connectivity index (χ1n) is 9.19. The number of aromatic nitrogens is 2. The zero-order valence-electron chi connectivity index (χ0n) is 15.4. The van der Waals surface area contributed by atoms with Gasteiger partial charge in [0.05, 0.1) is 16.7 Å². The molecule has 0 fully saturated rings. The summed E-state index contributed by atoms with van der Waals surface area (Å²) in [6.45, 7) is 0.212. The van der Waals surface area contributed by atoms with Crippen LogP contribution in [0.4, 0.5) is 0 Å². The van der Waals surface area contributed by atoms with Gasteiger partial charge >= 0.3 is 0 Å². The van der Waals surface area contributed by atoms with E-state index in [2.05, 4.69) is 15.3 Å². The molecule has 2 N–H and O–H groups in total. The fraction of sp³-hybridized carbons (Fsp3) is 0.0435. The highest BCUT2D eigenvalue weighted by molar-refractivity contribution is 6.01. The summed E-state index contributed by atoms with van der Waals surface area (Å²) in [5.41, 5.74) is 3.72. The Morgan fingerprint density at radius 3 is 2.62 bits per heavy atom. The van der Waals surface area contributed by atoms with Gasteiger partial charge in [-0.25, -0.2) is 4.98 Å². The van der Waals surface area contributed by atoms with Gasteiger partial charge in [0.25, 0.3) is 5.91 Å². The molecule has 3 aromatic carbocycles. The number of benzene rings is 3. The molecular weight excluding hydrogens is 366 g/mol. The number of amides is 1. The van der Waals surface area contributed by atoms with Crippen molar-refractivity contribution in [1.29, 1.82) is 0 Å². The number of H-pyrrole nitrogens is 1. The summed E-state index contributed by atoms with van der Waals surface area (Å²) in [6, 6.07) is 22.4. The van der Waals surface area contributed by atoms with Crippen molar-refractivity contribution in [2.24, 2.45) is 0 Å². The van der Waals surface area contributed by atoms with E-state index in [1.165, 1.54) is 0 Å². The van der Waals surface area contributed by atoms with Crippen LogP contribution in [-0.4, -0.2) is 22.7 Å². The number of hydrogen-bond acceptors (Lipinski definition) is 4. The first-order valence-corrected chi connectivity index (χ1v) is 9.19. The highest BCUT2D eigenvalue weighted by Crippen LogP contribution is 2.33. The molecule has 0 atom stereocenters. The van der Waals surface area contributed by atoms with E-state index in [0.29, 0.717) is 28.6 Å². The van der Waals surface area contributed by atoms with Gasteiger partial charge in [0.2, 0.25) is 6.79 Å². The topological polar surface area (TPSA) is 76.2 Å². The lowest BCUT2D eigenvalue weighted by molar-refractivity contribution is 0.0973. The Hall–Kier alpha value is -4.06. The second-order valence-corrected chi connectivity index (χ2v) is 6.59. The summed E-state index contributed by atoms with van der Waals surface area (Å²) in [5, 5.41) is 2.98. The fourth-order valence-corrected chi connectivity index (χ4v) is 3.20. The number of carbonyl (C=O) groups is 1. The smallest absolute Gasteiger partial charge is 0.255 e. The van der Waals surface area contributed by atoms with Gasteiger partial charge in [0.1, 0.15) is 0 Å². The minimum Gasteiger partial charge on any atom is -0.454 e. The summed E-state index contributed by atoms with van der Waals surface area (Å²) in [4.78, 5) is 20.7. The summed E-state index contributed by atoms with van der Waals surface area (Å²) < 4.78 is 10.8. The zero-order valence-corrected chi connectivity index (χ0v) is 15.4. The van der Waals surface area contributed by atoms with Gasteiger partial charge < -0.3 is 19.8 Å². The van der Waals surface area contributed by atoms with E-state index in [-0.39, 0.29) is 12.7 Å². The standard InChI is InChI=1S/C23H17N3O3/c27-23(16-6-2-1-3-7-16)26-19(22-24-17-8-4-5-9-18(17)25-22)12-15-10-11-20-21(13-15)29-14-28-20/h1-13H,14H2,(H,24,25)(H,26,27)/b19-12+. The number of carbonyl (C=O) groups excluding carboxylic acids is 1. The number of hydrogen-bond donors (Lipinski definition) is 2. The number of nitrogens with one attached hydrogen (secondary N) is 2. The molecule has 1 aliphatic rings. The minimum atomic E-state index is -0.210. The van der Waals surface area contributed by atoms with Crippen LogP contribution in [-0.2, 0) is 0 Å². The van der Waals surface area contributed by atoms with Gasteiger partial charge in [-0.05, 0) is 48.0 Å². The molecule has 1 amide bonds. The summed E-state index contributed by atoms with van der Waals surface area (Å²) in [5.74, 6) is 1.75.